The summed E-state index contributed by atoms with van der Waals surface area (Å²) in [6.45, 7) is 3.09. The Hall–Kier alpha value is -1.10. The highest BCUT2D eigenvalue weighted by Gasteiger charge is 2.51. The lowest BCUT2D eigenvalue weighted by Gasteiger charge is -2.39. The lowest BCUT2D eigenvalue weighted by Crippen LogP contribution is -2.55. The maximum Gasteiger partial charge on any atom is 0.329 e. The fraction of sp³-hybridized carbons (Fsp3) is 0.875. The van der Waals surface area contributed by atoms with Crippen molar-refractivity contribution in [2.75, 3.05) is 13.1 Å². The van der Waals surface area contributed by atoms with Gasteiger partial charge >= 0.3 is 5.97 Å². The highest BCUT2D eigenvalue weighted by molar-refractivity contribution is 5.89. The van der Waals surface area contributed by atoms with E-state index in [0.29, 0.717) is 25.9 Å². The van der Waals surface area contributed by atoms with Gasteiger partial charge in [0.05, 0.1) is 0 Å². The molecule has 2 fully saturated rings. The standard InChI is InChI=1S/C16H28N2O3/c1-2-8-16(15(20)21)9-5-10-18(16)14(19)13-7-4-3-6-12(13)11-17/h12-13H,2-11,17H2,1H3,(H,20,21). The number of nitrogens with two attached hydrogens (primary N) is 1. The molecule has 5 nitrogen and oxygen atoms in total. The number of carboxylic acid groups (broad SMARTS) is 1. The van der Waals surface area contributed by atoms with E-state index in [9.17, 15) is 14.7 Å². The summed E-state index contributed by atoms with van der Waals surface area (Å²) in [5.41, 5.74) is 4.86. The molecular formula is C16H28N2O3. The van der Waals surface area contributed by atoms with Gasteiger partial charge in [-0.25, -0.2) is 4.79 Å². The minimum absolute atomic E-state index is 0.0403. The van der Waals surface area contributed by atoms with Gasteiger partial charge in [0.25, 0.3) is 0 Å². The molecule has 1 saturated carbocycles. The molecule has 0 aromatic heterocycles. The Labute approximate surface area is 126 Å². The molecule has 3 atom stereocenters. The van der Waals surface area contributed by atoms with E-state index in [1.807, 2.05) is 6.92 Å². The second-order valence-electron chi connectivity index (χ2n) is 6.57. The summed E-state index contributed by atoms with van der Waals surface area (Å²) in [6, 6.07) is 0. The molecule has 0 bridgehead atoms. The average Bonchev–Trinajstić information content (AvgIpc) is 2.92. The van der Waals surface area contributed by atoms with Crippen molar-refractivity contribution in [3.8, 4) is 0 Å². The van der Waals surface area contributed by atoms with Crippen molar-refractivity contribution in [1.29, 1.82) is 0 Å². The van der Waals surface area contributed by atoms with Gasteiger partial charge in [0.2, 0.25) is 5.91 Å². The zero-order valence-corrected chi connectivity index (χ0v) is 13.0. The number of nitrogens with zero attached hydrogens (tertiary/aromatic N) is 1. The summed E-state index contributed by atoms with van der Waals surface area (Å²) in [5.74, 6) is -0.647. The molecule has 3 unspecified atom stereocenters. The van der Waals surface area contributed by atoms with E-state index >= 15 is 0 Å². The molecular weight excluding hydrogens is 268 g/mol. The monoisotopic (exact) mass is 296 g/mol. The molecule has 120 valence electrons. The fourth-order valence-corrected chi connectivity index (χ4v) is 4.22. The third-order valence-corrected chi connectivity index (χ3v) is 5.35. The highest BCUT2D eigenvalue weighted by Crippen LogP contribution is 2.38. The van der Waals surface area contributed by atoms with Crippen LogP contribution in [0.3, 0.4) is 0 Å². The van der Waals surface area contributed by atoms with E-state index < -0.39 is 11.5 Å². The van der Waals surface area contributed by atoms with Crippen LogP contribution >= 0.6 is 0 Å². The first-order valence-corrected chi connectivity index (χ1v) is 8.31. The van der Waals surface area contributed by atoms with Gasteiger partial charge in [0.15, 0.2) is 0 Å². The molecule has 0 radical (unpaired) electrons. The van der Waals surface area contributed by atoms with E-state index in [2.05, 4.69) is 0 Å². The number of carboxylic acids is 1. The Bertz CT molecular complexity index is 399. The molecule has 3 N–H and O–H groups in total. The van der Waals surface area contributed by atoms with E-state index in [4.69, 9.17) is 5.73 Å². The summed E-state index contributed by atoms with van der Waals surface area (Å²) in [7, 11) is 0. The number of amides is 1. The molecule has 0 aromatic carbocycles. The minimum Gasteiger partial charge on any atom is -0.479 e. The number of hydrogen-bond donors (Lipinski definition) is 2. The molecule has 5 heteroatoms. The van der Waals surface area contributed by atoms with Crippen molar-refractivity contribution < 1.29 is 14.7 Å². The maximum absolute atomic E-state index is 13.0. The number of carbonyl (C=O) groups excluding carboxylic acids is 1. The van der Waals surface area contributed by atoms with Gasteiger partial charge in [-0.1, -0.05) is 26.2 Å². The van der Waals surface area contributed by atoms with E-state index in [1.54, 1.807) is 4.90 Å². The second kappa shape index (κ2) is 6.77. The molecule has 1 saturated heterocycles. The molecule has 0 aromatic rings. The minimum atomic E-state index is -0.970. The molecule has 1 aliphatic carbocycles. The predicted molar refractivity (Wildman–Crippen MR) is 80.7 cm³/mol. The first kappa shape index (κ1) is 16.3. The number of likely N-dealkylation sites (tertiary alicyclic amines) is 1. The Balaban J connectivity index is 2.21. The van der Waals surface area contributed by atoms with Crippen LogP contribution in [-0.2, 0) is 9.59 Å². The largest absolute Gasteiger partial charge is 0.479 e. The first-order valence-electron chi connectivity index (χ1n) is 8.31. The third kappa shape index (κ3) is 2.93. The van der Waals surface area contributed by atoms with Crippen LogP contribution in [0.25, 0.3) is 0 Å². The number of carbonyl (C=O) groups is 2. The Morgan fingerprint density at radius 3 is 2.62 bits per heavy atom. The van der Waals surface area contributed by atoms with Crippen LogP contribution in [0.4, 0.5) is 0 Å². The Kier molecular flexibility index (Phi) is 5.25. The molecule has 1 aliphatic heterocycles. The van der Waals surface area contributed by atoms with Gasteiger partial charge < -0.3 is 15.7 Å². The number of aliphatic carboxylic acids is 1. The van der Waals surface area contributed by atoms with Gasteiger partial charge in [-0.2, -0.15) is 0 Å². The van der Waals surface area contributed by atoms with Crippen molar-refractivity contribution in [2.45, 2.75) is 63.8 Å². The maximum atomic E-state index is 13.0. The lowest BCUT2D eigenvalue weighted by molar-refractivity contribution is -0.160. The molecule has 2 rings (SSSR count). The van der Waals surface area contributed by atoms with E-state index in [0.717, 1.165) is 38.5 Å². The normalized spacial score (nSPS) is 33.1. The highest BCUT2D eigenvalue weighted by atomic mass is 16.4. The van der Waals surface area contributed by atoms with Gasteiger partial charge in [-0.3, -0.25) is 4.79 Å². The molecule has 1 heterocycles. The summed E-state index contributed by atoms with van der Waals surface area (Å²) in [6.07, 6.45) is 6.74. The summed E-state index contributed by atoms with van der Waals surface area (Å²) in [4.78, 5) is 26.5. The van der Waals surface area contributed by atoms with Crippen LogP contribution in [0.15, 0.2) is 0 Å². The number of hydrogen-bond acceptors (Lipinski definition) is 3. The zero-order chi connectivity index (χ0) is 15.5. The average molecular weight is 296 g/mol. The van der Waals surface area contributed by atoms with Gasteiger partial charge in [-0.05, 0) is 44.6 Å². The van der Waals surface area contributed by atoms with Gasteiger partial charge in [0.1, 0.15) is 5.54 Å². The summed E-state index contributed by atoms with van der Waals surface area (Å²) >= 11 is 0. The SMILES string of the molecule is CCCC1(C(=O)O)CCCN1C(=O)C1CCCCC1CN. The summed E-state index contributed by atoms with van der Waals surface area (Å²) < 4.78 is 0. The van der Waals surface area contributed by atoms with Crippen LogP contribution in [-0.4, -0.2) is 40.5 Å². The summed E-state index contributed by atoms with van der Waals surface area (Å²) in [5, 5.41) is 9.72. The van der Waals surface area contributed by atoms with Crippen LogP contribution in [0.1, 0.15) is 58.3 Å². The first-order chi connectivity index (χ1) is 10.1. The predicted octanol–water partition coefficient (Wildman–Crippen LogP) is 2.00. The van der Waals surface area contributed by atoms with Gasteiger partial charge in [-0.15, -0.1) is 0 Å². The lowest BCUT2D eigenvalue weighted by atomic mass is 9.77. The zero-order valence-electron chi connectivity index (χ0n) is 13.0. The fourth-order valence-electron chi connectivity index (χ4n) is 4.22. The Morgan fingerprint density at radius 1 is 1.29 bits per heavy atom. The quantitative estimate of drug-likeness (QED) is 0.812. The van der Waals surface area contributed by atoms with Gasteiger partial charge in [0, 0.05) is 12.5 Å². The molecule has 1 amide bonds. The van der Waals surface area contributed by atoms with Crippen molar-refractivity contribution in [3.05, 3.63) is 0 Å². The molecule has 21 heavy (non-hydrogen) atoms. The smallest absolute Gasteiger partial charge is 0.329 e. The topological polar surface area (TPSA) is 83.6 Å². The third-order valence-electron chi connectivity index (χ3n) is 5.35. The van der Waals surface area contributed by atoms with Crippen molar-refractivity contribution in [2.24, 2.45) is 17.6 Å². The van der Waals surface area contributed by atoms with Crippen LogP contribution in [0.2, 0.25) is 0 Å². The molecule has 0 spiro atoms. The van der Waals surface area contributed by atoms with Crippen molar-refractivity contribution in [1.82, 2.24) is 4.90 Å². The molecule has 2 aliphatic rings. The number of rotatable bonds is 5. The van der Waals surface area contributed by atoms with Crippen LogP contribution in [0, 0.1) is 11.8 Å². The van der Waals surface area contributed by atoms with Crippen molar-refractivity contribution in [3.63, 3.8) is 0 Å². The van der Waals surface area contributed by atoms with Crippen molar-refractivity contribution >= 4 is 11.9 Å². The van der Waals surface area contributed by atoms with Crippen LogP contribution in [0.5, 0.6) is 0 Å². The Morgan fingerprint density at radius 2 is 2.00 bits per heavy atom. The second-order valence-corrected chi connectivity index (χ2v) is 6.57. The van der Waals surface area contributed by atoms with E-state index in [-0.39, 0.29) is 17.7 Å². The van der Waals surface area contributed by atoms with E-state index in [1.165, 1.54) is 0 Å². The van der Waals surface area contributed by atoms with Crippen LogP contribution < -0.4 is 5.73 Å².